The molecule has 6 rings (SSSR count). The van der Waals surface area contributed by atoms with Crippen molar-refractivity contribution in [3.05, 3.63) is 60.2 Å². The van der Waals surface area contributed by atoms with Gasteiger partial charge >= 0.3 is 0 Å². The summed E-state index contributed by atoms with van der Waals surface area (Å²) in [4.78, 5) is 25.7. The second kappa shape index (κ2) is 8.67. The number of pyridine rings is 1. The highest BCUT2D eigenvalue weighted by Gasteiger charge is 2.34. The summed E-state index contributed by atoms with van der Waals surface area (Å²) in [5.41, 5.74) is 8.97. The Morgan fingerprint density at radius 2 is 2.03 bits per heavy atom. The van der Waals surface area contributed by atoms with E-state index in [-0.39, 0.29) is 23.7 Å². The molecule has 4 heterocycles. The molecule has 5 aromatic rings. The highest BCUT2D eigenvalue weighted by atomic mass is 16.1. The first kappa shape index (κ1) is 22.1. The van der Waals surface area contributed by atoms with Crippen molar-refractivity contribution in [3.8, 4) is 5.95 Å². The number of benzene rings is 1. The molecule has 0 bridgehead atoms. The molecule has 2 atom stereocenters. The number of primary amides is 1. The van der Waals surface area contributed by atoms with Gasteiger partial charge in [-0.1, -0.05) is 30.3 Å². The van der Waals surface area contributed by atoms with E-state index >= 15 is 0 Å². The summed E-state index contributed by atoms with van der Waals surface area (Å²) in [5.74, 6) is 0.728. The summed E-state index contributed by atoms with van der Waals surface area (Å²) in [7, 11) is 0. The van der Waals surface area contributed by atoms with Gasteiger partial charge in [-0.3, -0.25) is 14.5 Å². The Kier molecular flexibility index (Phi) is 5.32. The predicted molar refractivity (Wildman–Crippen MR) is 135 cm³/mol. The van der Waals surface area contributed by atoms with Gasteiger partial charge in [-0.25, -0.2) is 4.98 Å². The molecule has 2 unspecified atom stereocenters. The lowest BCUT2D eigenvalue weighted by molar-refractivity contribution is 0.0995. The molecule has 0 spiro atoms. The van der Waals surface area contributed by atoms with Gasteiger partial charge in [0.15, 0.2) is 11.5 Å². The first-order valence-electron chi connectivity index (χ1n) is 12.1. The Morgan fingerprint density at radius 3 is 2.78 bits per heavy atom. The lowest BCUT2D eigenvalue weighted by Crippen LogP contribution is -2.17. The minimum absolute atomic E-state index is 0.0188. The van der Waals surface area contributed by atoms with Crippen LogP contribution >= 0.6 is 0 Å². The molecule has 0 saturated heterocycles. The van der Waals surface area contributed by atoms with Crippen LogP contribution in [-0.4, -0.2) is 45.6 Å². The van der Waals surface area contributed by atoms with Gasteiger partial charge in [-0.2, -0.15) is 14.8 Å². The number of nitrogens with two attached hydrogens (primary N) is 1. The number of para-hydroxylation sites is 1. The van der Waals surface area contributed by atoms with E-state index in [2.05, 4.69) is 51.7 Å². The van der Waals surface area contributed by atoms with Crippen LogP contribution < -0.4 is 11.1 Å². The van der Waals surface area contributed by atoms with Crippen LogP contribution in [0.15, 0.2) is 48.9 Å². The number of hydrogen-bond donors (Lipinski definition) is 2. The number of carbonyl (C=O) groups excluding carboxylic acids is 1. The number of nitrogens with zero attached hydrogens (tertiary/aromatic N) is 8. The van der Waals surface area contributed by atoms with Crippen molar-refractivity contribution in [3.63, 3.8) is 0 Å². The highest BCUT2D eigenvalue weighted by molar-refractivity contribution is 5.90. The molecule has 4 aromatic heterocycles. The number of anilines is 1. The minimum Gasteiger partial charge on any atom is -0.364 e. The third-order valence-electron chi connectivity index (χ3n) is 6.75. The van der Waals surface area contributed by atoms with Gasteiger partial charge in [0.2, 0.25) is 0 Å². The van der Waals surface area contributed by atoms with Crippen LogP contribution in [0, 0.1) is 5.92 Å². The molecule has 1 amide bonds. The Bertz CT molecular complexity index is 1580. The lowest BCUT2D eigenvalue weighted by Gasteiger charge is -2.21. The van der Waals surface area contributed by atoms with E-state index in [1.54, 1.807) is 6.20 Å². The second-order valence-electron chi connectivity index (χ2n) is 9.29. The third kappa shape index (κ3) is 3.92. The lowest BCUT2D eigenvalue weighted by atomic mass is 10.0. The number of rotatable bonds is 8. The van der Waals surface area contributed by atoms with Crippen molar-refractivity contribution in [2.24, 2.45) is 11.7 Å². The number of hydrogen-bond acceptors (Lipinski definition) is 8. The standard InChI is InChI=1S/C25H26N10O/c1-3-14(2)35-22-19(12-28-35)29-25(34-13-20(23(26)36)32-33-34)31-24(22)30-21(15-8-9-15)17-10-16-6-4-5-7-18(16)27-11-17/h4-7,10-15,21H,3,8-9H2,1-2H3,(H2,26,36)(H,29,30,31). The molecule has 11 heteroatoms. The molecular weight excluding hydrogens is 456 g/mol. The van der Waals surface area contributed by atoms with Crippen molar-refractivity contribution >= 4 is 33.7 Å². The van der Waals surface area contributed by atoms with Crippen molar-refractivity contribution < 1.29 is 4.79 Å². The fourth-order valence-electron chi connectivity index (χ4n) is 4.44. The van der Waals surface area contributed by atoms with Gasteiger partial charge in [-0.05, 0) is 49.8 Å². The van der Waals surface area contributed by atoms with E-state index in [0.717, 1.165) is 41.2 Å². The third-order valence-corrected chi connectivity index (χ3v) is 6.75. The summed E-state index contributed by atoms with van der Waals surface area (Å²) in [5, 5.41) is 17.3. The predicted octanol–water partition coefficient (Wildman–Crippen LogP) is 3.59. The molecule has 182 valence electrons. The van der Waals surface area contributed by atoms with Gasteiger partial charge in [0.05, 0.1) is 24.0 Å². The Hall–Kier alpha value is -4.41. The topological polar surface area (TPSA) is 142 Å². The van der Waals surface area contributed by atoms with Crippen LogP contribution in [0.5, 0.6) is 0 Å². The molecule has 1 saturated carbocycles. The molecule has 3 N–H and O–H groups in total. The van der Waals surface area contributed by atoms with Gasteiger partial charge in [0.25, 0.3) is 11.9 Å². The first-order valence-corrected chi connectivity index (χ1v) is 12.1. The molecular formula is C25H26N10O. The molecule has 0 radical (unpaired) electrons. The zero-order chi connectivity index (χ0) is 24.8. The fourth-order valence-corrected chi connectivity index (χ4v) is 4.44. The average Bonchev–Trinajstić information content (AvgIpc) is 3.44. The number of aromatic nitrogens is 8. The summed E-state index contributed by atoms with van der Waals surface area (Å²) in [6, 6.07) is 10.5. The van der Waals surface area contributed by atoms with Gasteiger partial charge in [0.1, 0.15) is 11.0 Å². The molecule has 11 nitrogen and oxygen atoms in total. The van der Waals surface area contributed by atoms with Crippen molar-refractivity contribution in [2.75, 3.05) is 5.32 Å². The summed E-state index contributed by atoms with van der Waals surface area (Å²) >= 11 is 0. The monoisotopic (exact) mass is 482 g/mol. The van der Waals surface area contributed by atoms with Gasteiger partial charge in [0, 0.05) is 17.6 Å². The van der Waals surface area contributed by atoms with Crippen molar-refractivity contribution in [2.45, 2.75) is 45.2 Å². The molecule has 1 aromatic carbocycles. The maximum atomic E-state index is 11.5. The summed E-state index contributed by atoms with van der Waals surface area (Å²) in [6.07, 6.45) is 8.26. The number of nitrogens with one attached hydrogen (secondary N) is 1. The van der Waals surface area contributed by atoms with E-state index in [0.29, 0.717) is 17.3 Å². The quantitative estimate of drug-likeness (QED) is 0.342. The Labute approximate surface area is 206 Å². The molecule has 36 heavy (non-hydrogen) atoms. The SMILES string of the molecule is CCC(C)n1ncc2nc(-n3cc(C(N)=O)nn3)nc(NC(c3cnc4ccccc4c3)C3CC3)c21. The van der Waals surface area contributed by atoms with Crippen LogP contribution in [0.3, 0.4) is 0 Å². The van der Waals surface area contributed by atoms with E-state index in [9.17, 15) is 4.79 Å². The van der Waals surface area contributed by atoms with Crippen molar-refractivity contribution in [1.82, 2.24) is 39.7 Å². The summed E-state index contributed by atoms with van der Waals surface area (Å²) in [6.45, 7) is 4.24. The Balaban J connectivity index is 1.47. The zero-order valence-electron chi connectivity index (χ0n) is 20.0. The van der Waals surface area contributed by atoms with Crippen LogP contribution in [0.4, 0.5) is 5.82 Å². The normalized spacial score (nSPS) is 15.3. The smallest absolute Gasteiger partial charge is 0.270 e. The van der Waals surface area contributed by atoms with Crippen LogP contribution in [0.1, 0.15) is 61.2 Å². The number of carbonyl (C=O) groups is 1. The maximum absolute atomic E-state index is 11.5. The van der Waals surface area contributed by atoms with E-state index in [4.69, 9.17) is 15.7 Å². The van der Waals surface area contributed by atoms with Crippen LogP contribution in [0.2, 0.25) is 0 Å². The number of amides is 1. The number of fused-ring (bicyclic) bond motifs is 2. The first-order chi connectivity index (χ1) is 17.5. The molecule has 1 aliphatic carbocycles. The molecule has 1 aliphatic rings. The van der Waals surface area contributed by atoms with E-state index < -0.39 is 5.91 Å². The average molecular weight is 483 g/mol. The molecule has 0 aliphatic heterocycles. The van der Waals surface area contributed by atoms with E-state index in [1.807, 2.05) is 29.1 Å². The highest BCUT2D eigenvalue weighted by Crippen LogP contribution is 2.43. The minimum atomic E-state index is -0.664. The molecule has 1 fully saturated rings. The van der Waals surface area contributed by atoms with Crippen LogP contribution in [0.25, 0.3) is 27.9 Å². The van der Waals surface area contributed by atoms with Gasteiger partial charge in [-0.15, -0.1) is 5.10 Å². The second-order valence-corrected chi connectivity index (χ2v) is 9.29. The van der Waals surface area contributed by atoms with Crippen LogP contribution in [-0.2, 0) is 0 Å². The fraction of sp³-hybridized carbons (Fsp3) is 0.320. The van der Waals surface area contributed by atoms with Crippen molar-refractivity contribution in [1.29, 1.82) is 0 Å². The van der Waals surface area contributed by atoms with E-state index in [1.165, 1.54) is 10.9 Å². The zero-order valence-corrected chi connectivity index (χ0v) is 20.0. The van der Waals surface area contributed by atoms with Gasteiger partial charge < -0.3 is 11.1 Å². The largest absolute Gasteiger partial charge is 0.364 e. The summed E-state index contributed by atoms with van der Waals surface area (Å²) < 4.78 is 3.31. The Morgan fingerprint density at radius 1 is 1.19 bits per heavy atom. The maximum Gasteiger partial charge on any atom is 0.270 e.